The fraction of sp³-hybridized carbons (Fsp3) is 0.217. The first-order valence-electron chi connectivity index (χ1n) is 9.85. The molecule has 0 saturated carbocycles. The van der Waals surface area contributed by atoms with E-state index in [9.17, 15) is 9.18 Å². The molecule has 0 aliphatic carbocycles. The topological polar surface area (TPSA) is 93.7 Å². The molecule has 32 heavy (non-hydrogen) atoms. The molecule has 0 spiro atoms. The molecule has 164 valence electrons. The number of benzene rings is 2. The Morgan fingerprint density at radius 1 is 1.12 bits per heavy atom. The van der Waals surface area contributed by atoms with Crippen molar-refractivity contribution >= 4 is 11.9 Å². The molecule has 1 amide bonds. The van der Waals surface area contributed by atoms with Crippen molar-refractivity contribution in [2.75, 3.05) is 7.05 Å². The molecule has 2 heterocycles. The summed E-state index contributed by atoms with van der Waals surface area (Å²) in [7, 11) is 1.48. The highest BCUT2D eigenvalue weighted by Crippen LogP contribution is 2.42. The van der Waals surface area contributed by atoms with Crippen LogP contribution in [0.1, 0.15) is 23.6 Å². The summed E-state index contributed by atoms with van der Waals surface area (Å²) in [6.45, 7) is 2.97. The molecule has 3 aromatic rings. The molecule has 0 radical (unpaired) electrons. The molecule has 1 aliphatic rings. The fourth-order valence-corrected chi connectivity index (χ4v) is 3.77. The Morgan fingerprint density at radius 3 is 2.44 bits per heavy atom. The molecule has 0 bridgehead atoms. The average molecular weight is 437 g/mol. The highest BCUT2D eigenvalue weighted by atomic mass is 19.1. The van der Waals surface area contributed by atoms with Crippen molar-refractivity contribution in [3.63, 3.8) is 0 Å². The van der Waals surface area contributed by atoms with Crippen molar-refractivity contribution < 1.29 is 18.3 Å². The molecule has 1 aromatic heterocycles. The smallest absolute Gasteiger partial charge is 0.266 e. The summed E-state index contributed by atoms with van der Waals surface area (Å²) in [5, 5.41) is 0. The van der Waals surface area contributed by atoms with Crippen LogP contribution >= 0.6 is 0 Å². The van der Waals surface area contributed by atoms with Crippen LogP contribution in [0.2, 0.25) is 0 Å². The quantitative estimate of drug-likeness (QED) is 0.661. The second-order valence-corrected chi connectivity index (χ2v) is 7.51. The van der Waals surface area contributed by atoms with Gasteiger partial charge in [-0.05, 0) is 47.9 Å². The number of alkyl halides is 1. The summed E-state index contributed by atoms with van der Waals surface area (Å²) in [6.07, 6.45) is 3.06. The van der Waals surface area contributed by atoms with Gasteiger partial charge in [0.15, 0.2) is 11.5 Å². The maximum absolute atomic E-state index is 15.3. The number of aryl methyl sites for hydroxylation is 1. The standard InChI is InChI=1S/C23H21F2N5O2/c1-13-8-17(5-7-20(13)32-14(2)24)23(21(31)30(3)22(26)29-23)18-9-15(4-6-19(18)25)16-10-27-12-28-11-16/h4-12,14H,1-3H3,(H2,26,29). The minimum atomic E-state index is -1.75. The zero-order valence-electron chi connectivity index (χ0n) is 17.7. The first-order valence-corrected chi connectivity index (χ1v) is 9.85. The maximum atomic E-state index is 15.3. The van der Waals surface area contributed by atoms with E-state index in [2.05, 4.69) is 15.0 Å². The van der Waals surface area contributed by atoms with Crippen LogP contribution in [0.3, 0.4) is 0 Å². The van der Waals surface area contributed by atoms with Gasteiger partial charge < -0.3 is 10.5 Å². The normalized spacial score (nSPS) is 19.1. The predicted octanol–water partition coefficient (Wildman–Crippen LogP) is 3.32. The Labute approximate surface area is 183 Å². The maximum Gasteiger partial charge on any atom is 0.266 e. The summed E-state index contributed by atoms with van der Waals surface area (Å²) >= 11 is 0. The molecule has 4 rings (SSSR count). The Hall–Kier alpha value is -3.88. The fourth-order valence-electron chi connectivity index (χ4n) is 3.77. The number of nitrogens with two attached hydrogens (primary N) is 1. The Morgan fingerprint density at radius 2 is 1.84 bits per heavy atom. The molecule has 9 heteroatoms. The first-order chi connectivity index (χ1) is 15.2. The number of rotatable bonds is 5. The zero-order chi connectivity index (χ0) is 23.0. The van der Waals surface area contributed by atoms with E-state index in [4.69, 9.17) is 10.5 Å². The monoisotopic (exact) mass is 437 g/mol. The van der Waals surface area contributed by atoms with Crippen molar-refractivity contribution in [1.29, 1.82) is 0 Å². The number of hydrogen-bond acceptors (Lipinski definition) is 6. The van der Waals surface area contributed by atoms with Gasteiger partial charge in [0.05, 0.1) is 0 Å². The Kier molecular flexibility index (Phi) is 5.33. The molecule has 2 aromatic carbocycles. The molecular weight excluding hydrogens is 416 g/mol. The number of carbonyl (C=O) groups excluding carboxylic acids is 1. The van der Waals surface area contributed by atoms with Crippen LogP contribution in [0.4, 0.5) is 8.78 Å². The third-order valence-electron chi connectivity index (χ3n) is 5.37. The number of ether oxygens (including phenoxy) is 1. The van der Waals surface area contributed by atoms with Crippen LogP contribution in [0.15, 0.2) is 60.1 Å². The number of likely N-dealkylation sites (N-methyl/N-ethyl adjacent to an activating group) is 1. The lowest BCUT2D eigenvalue weighted by Gasteiger charge is -2.27. The van der Waals surface area contributed by atoms with Crippen molar-refractivity contribution in [2.24, 2.45) is 10.7 Å². The Balaban J connectivity index is 1.95. The van der Waals surface area contributed by atoms with Gasteiger partial charge >= 0.3 is 0 Å². The van der Waals surface area contributed by atoms with E-state index in [1.54, 1.807) is 43.6 Å². The molecule has 2 N–H and O–H groups in total. The molecular formula is C23H21F2N5O2. The van der Waals surface area contributed by atoms with E-state index in [0.29, 0.717) is 28.0 Å². The second kappa shape index (κ2) is 7.99. The number of guanidine groups is 1. The van der Waals surface area contributed by atoms with E-state index in [-0.39, 0.29) is 11.5 Å². The van der Waals surface area contributed by atoms with Gasteiger partial charge in [-0.25, -0.2) is 23.7 Å². The van der Waals surface area contributed by atoms with Crippen molar-refractivity contribution in [3.8, 4) is 16.9 Å². The van der Waals surface area contributed by atoms with Crippen molar-refractivity contribution in [1.82, 2.24) is 14.9 Å². The average Bonchev–Trinajstić information content (AvgIpc) is 3.00. The third kappa shape index (κ3) is 3.45. The minimum Gasteiger partial charge on any atom is -0.460 e. The lowest BCUT2D eigenvalue weighted by atomic mass is 9.81. The van der Waals surface area contributed by atoms with Gasteiger partial charge in [-0.3, -0.25) is 9.69 Å². The number of amides is 1. The summed E-state index contributed by atoms with van der Waals surface area (Å²) < 4.78 is 33.8. The molecule has 1 aliphatic heterocycles. The van der Waals surface area contributed by atoms with E-state index in [1.807, 2.05) is 0 Å². The number of hydrogen-bond donors (Lipinski definition) is 1. The minimum absolute atomic E-state index is 0.0306. The van der Waals surface area contributed by atoms with Gasteiger partial charge in [-0.2, -0.15) is 0 Å². The van der Waals surface area contributed by atoms with E-state index in [0.717, 1.165) is 0 Å². The molecule has 0 fully saturated rings. The van der Waals surface area contributed by atoms with Crippen molar-refractivity contribution in [2.45, 2.75) is 25.7 Å². The highest BCUT2D eigenvalue weighted by Gasteiger charge is 2.51. The molecule has 7 nitrogen and oxygen atoms in total. The van der Waals surface area contributed by atoms with E-state index in [1.165, 1.54) is 37.3 Å². The summed E-state index contributed by atoms with van der Waals surface area (Å²) in [5.74, 6) is -0.869. The van der Waals surface area contributed by atoms with Gasteiger partial charge in [-0.1, -0.05) is 12.1 Å². The number of carbonyl (C=O) groups is 1. The van der Waals surface area contributed by atoms with E-state index < -0.39 is 23.6 Å². The van der Waals surface area contributed by atoms with Crippen LogP contribution < -0.4 is 10.5 Å². The number of aromatic nitrogens is 2. The van der Waals surface area contributed by atoms with Gasteiger partial charge in [0.25, 0.3) is 5.91 Å². The lowest BCUT2D eigenvalue weighted by Crippen LogP contribution is -2.41. The predicted molar refractivity (Wildman–Crippen MR) is 115 cm³/mol. The van der Waals surface area contributed by atoms with Gasteiger partial charge in [0, 0.05) is 37.5 Å². The zero-order valence-corrected chi connectivity index (χ0v) is 17.7. The summed E-state index contributed by atoms with van der Waals surface area (Å²) in [4.78, 5) is 27.1. The SMILES string of the molecule is Cc1cc(C2(c3cc(-c4cncnc4)ccc3F)N=C(N)N(C)C2=O)ccc1OC(C)F. The third-order valence-corrected chi connectivity index (χ3v) is 5.37. The van der Waals surface area contributed by atoms with Crippen LogP contribution in [0.5, 0.6) is 5.75 Å². The number of halogens is 2. The molecule has 0 saturated heterocycles. The van der Waals surface area contributed by atoms with Crippen LogP contribution in [-0.4, -0.2) is 40.1 Å². The van der Waals surface area contributed by atoms with Crippen LogP contribution in [0, 0.1) is 12.7 Å². The van der Waals surface area contributed by atoms with Gasteiger partial charge in [-0.15, -0.1) is 0 Å². The summed E-state index contributed by atoms with van der Waals surface area (Å²) in [6, 6.07) is 9.12. The highest BCUT2D eigenvalue weighted by molar-refractivity contribution is 6.09. The van der Waals surface area contributed by atoms with Crippen molar-refractivity contribution in [3.05, 3.63) is 77.6 Å². The van der Waals surface area contributed by atoms with Crippen LogP contribution in [0.25, 0.3) is 11.1 Å². The first kappa shape index (κ1) is 21.4. The Bertz CT molecular complexity index is 1220. The number of nitrogens with zero attached hydrogens (tertiary/aromatic N) is 4. The summed E-state index contributed by atoms with van der Waals surface area (Å²) in [5.41, 5.74) is 6.48. The van der Waals surface area contributed by atoms with E-state index >= 15 is 4.39 Å². The van der Waals surface area contributed by atoms with Gasteiger partial charge in [0.1, 0.15) is 17.9 Å². The molecule has 2 atom stereocenters. The lowest BCUT2D eigenvalue weighted by molar-refractivity contribution is -0.129. The molecule has 2 unspecified atom stereocenters. The largest absolute Gasteiger partial charge is 0.460 e. The second-order valence-electron chi connectivity index (χ2n) is 7.51. The van der Waals surface area contributed by atoms with Gasteiger partial charge in [0.2, 0.25) is 6.36 Å². The number of aliphatic imine (C=N–C) groups is 1. The van der Waals surface area contributed by atoms with Crippen LogP contribution in [-0.2, 0) is 10.3 Å².